The second-order valence-corrected chi connectivity index (χ2v) is 6.22. The second kappa shape index (κ2) is 6.11. The Labute approximate surface area is 116 Å². The van der Waals surface area contributed by atoms with E-state index in [1.807, 2.05) is 13.8 Å². The summed E-state index contributed by atoms with van der Waals surface area (Å²) in [5, 5.41) is 15.7. The minimum absolute atomic E-state index is 0.0401. The van der Waals surface area contributed by atoms with E-state index in [1.165, 1.54) is 12.5 Å². The van der Waals surface area contributed by atoms with E-state index in [0.717, 1.165) is 0 Å². The molecule has 2 heterocycles. The minimum Gasteiger partial charge on any atom is -0.310 e. The van der Waals surface area contributed by atoms with Gasteiger partial charge in [-0.2, -0.15) is 10.2 Å². The van der Waals surface area contributed by atoms with Crippen LogP contribution in [0.4, 0.5) is 0 Å². The van der Waals surface area contributed by atoms with Crippen molar-refractivity contribution >= 4 is 10.0 Å². The van der Waals surface area contributed by atoms with Crippen molar-refractivity contribution in [2.75, 3.05) is 0 Å². The molecule has 0 unspecified atom stereocenters. The van der Waals surface area contributed by atoms with E-state index in [2.05, 4.69) is 35.4 Å². The van der Waals surface area contributed by atoms with Gasteiger partial charge in [0.05, 0.1) is 12.7 Å². The standard InChI is InChI=1S/C10H17N7O2S/c1-7(2)11-3-8-4-13-17-10(8)20(18,19)15-5-9-12-6-14-16-9/h4,6-7,11,15H,3,5H2,1-2H3,(H,13,17)(H,12,14,16). The molecule has 0 fully saturated rings. The predicted octanol–water partition coefficient (Wildman–Crippen LogP) is -0.496. The summed E-state index contributed by atoms with van der Waals surface area (Å²) >= 11 is 0. The number of sulfonamides is 1. The normalized spacial score (nSPS) is 12.2. The molecule has 0 aliphatic rings. The summed E-state index contributed by atoms with van der Waals surface area (Å²) in [6.07, 6.45) is 2.82. The molecule has 110 valence electrons. The van der Waals surface area contributed by atoms with Gasteiger partial charge in [0.2, 0.25) is 0 Å². The highest BCUT2D eigenvalue weighted by molar-refractivity contribution is 7.89. The summed E-state index contributed by atoms with van der Waals surface area (Å²) in [5.41, 5.74) is 0.587. The molecule has 20 heavy (non-hydrogen) atoms. The molecule has 0 saturated heterocycles. The number of H-pyrrole nitrogens is 2. The molecule has 0 atom stereocenters. The predicted molar refractivity (Wildman–Crippen MR) is 71.0 cm³/mol. The first-order valence-electron chi connectivity index (χ1n) is 6.08. The van der Waals surface area contributed by atoms with Gasteiger partial charge >= 0.3 is 0 Å². The van der Waals surface area contributed by atoms with Crippen LogP contribution >= 0.6 is 0 Å². The van der Waals surface area contributed by atoms with Crippen LogP contribution in [0, 0.1) is 0 Å². The van der Waals surface area contributed by atoms with Gasteiger partial charge in [-0.25, -0.2) is 18.1 Å². The van der Waals surface area contributed by atoms with Crippen molar-refractivity contribution in [3.8, 4) is 0 Å². The van der Waals surface area contributed by atoms with Crippen LogP contribution in [0.3, 0.4) is 0 Å². The van der Waals surface area contributed by atoms with Crippen molar-refractivity contribution in [1.82, 2.24) is 35.4 Å². The molecule has 0 radical (unpaired) electrons. The van der Waals surface area contributed by atoms with Crippen LogP contribution in [-0.2, 0) is 23.1 Å². The molecule has 0 amide bonds. The third-order valence-electron chi connectivity index (χ3n) is 2.54. The highest BCUT2D eigenvalue weighted by Gasteiger charge is 2.20. The van der Waals surface area contributed by atoms with Crippen LogP contribution in [-0.4, -0.2) is 39.8 Å². The third-order valence-corrected chi connectivity index (χ3v) is 3.96. The molecule has 10 heteroatoms. The maximum Gasteiger partial charge on any atom is 0.258 e. The zero-order chi connectivity index (χ0) is 14.6. The molecular formula is C10H17N7O2S. The van der Waals surface area contributed by atoms with E-state index >= 15 is 0 Å². The van der Waals surface area contributed by atoms with E-state index in [4.69, 9.17) is 0 Å². The van der Waals surface area contributed by atoms with E-state index in [1.54, 1.807) is 0 Å². The van der Waals surface area contributed by atoms with Gasteiger partial charge in [-0.05, 0) is 0 Å². The zero-order valence-electron chi connectivity index (χ0n) is 11.2. The van der Waals surface area contributed by atoms with Gasteiger partial charge in [0.15, 0.2) is 5.03 Å². The molecular weight excluding hydrogens is 282 g/mol. The second-order valence-electron chi connectivity index (χ2n) is 4.52. The van der Waals surface area contributed by atoms with Crippen molar-refractivity contribution < 1.29 is 8.42 Å². The van der Waals surface area contributed by atoms with Crippen LogP contribution < -0.4 is 10.0 Å². The van der Waals surface area contributed by atoms with Crippen LogP contribution in [0.1, 0.15) is 25.2 Å². The van der Waals surface area contributed by atoms with Gasteiger partial charge in [-0.1, -0.05) is 13.8 Å². The molecule has 0 saturated carbocycles. The van der Waals surface area contributed by atoms with Gasteiger partial charge in [0.25, 0.3) is 10.0 Å². The molecule has 0 spiro atoms. The Kier molecular flexibility index (Phi) is 4.47. The first-order valence-corrected chi connectivity index (χ1v) is 7.57. The van der Waals surface area contributed by atoms with Gasteiger partial charge in [-0.15, -0.1) is 0 Å². The summed E-state index contributed by atoms with van der Waals surface area (Å²) in [5.74, 6) is 0.440. The molecule has 0 aromatic carbocycles. The maximum absolute atomic E-state index is 12.2. The van der Waals surface area contributed by atoms with Crippen LogP contribution in [0.15, 0.2) is 17.6 Å². The van der Waals surface area contributed by atoms with Crippen LogP contribution in [0.5, 0.6) is 0 Å². The zero-order valence-corrected chi connectivity index (χ0v) is 12.0. The monoisotopic (exact) mass is 299 g/mol. The van der Waals surface area contributed by atoms with Gasteiger partial charge in [0, 0.05) is 18.2 Å². The minimum atomic E-state index is -3.67. The molecule has 0 bridgehead atoms. The van der Waals surface area contributed by atoms with E-state index < -0.39 is 10.0 Å². The summed E-state index contributed by atoms with van der Waals surface area (Å²) in [4.78, 5) is 3.85. The lowest BCUT2D eigenvalue weighted by Gasteiger charge is -2.09. The Morgan fingerprint density at radius 1 is 1.25 bits per heavy atom. The fourth-order valence-electron chi connectivity index (χ4n) is 1.52. The quantitative estimate of drug-likeness (QED) is 0.546. The van der Waals surface area contributed by atoms with Crippen LogP contribution in [0.25, 0.3) is 0 Å². The summed E-state index contributed by atoms with van der Waals surface area (Å²) in [7, 11) is -3.67. The average Bonchev–Trinajstić information content (AvgIpc) is 3.05. The highest BCUT2D eigenvalue weighted by atomic mass is 32.2. The molecule has 2 rings (SSSR count). The van der Waals surface area contributed by atoms with E-state index in [-0.39, 0.29) is 17.6 Å². The Hall–Kier alpha value is -1.78. The molecule has 0 aliphatic heterocycles. The largest absolute Gasteiger partial charge is 0.310 e. The number of aromatic nitrogens is 5. The van der Waals surface area contributed by atoms with Crippen molar-refractivity contribution in [3.63, 3.8) is 0 Å². The van der Waals surface area contributed by atoms with Gasteiger partial charge < -0.3 is 5.32 Å². The van der Waals surface area contributed by atoms with Crippen molar-refractivity contribution in [2.45, 2.75) is 38.0 Å². The van der Waals surface area contributed by atoms with Crippen molar-refractivity contribution in [3.05, 3.63) is 23.9 Å². The SMILES string of the molecule is CC(C)NCc1cn[nH]c1S(=O)(=O)NCc1ncn[nH]1. The third kappa shape index (κ3) is 3.62. The first-order chi connectivity index (χ1) is 9.49. The molecule has 2 aromatic heterocycles. The Balaban J connectivity index is 2.07. The van der Waals surface area contributed by atoms with Crippen molar-refractivity contribution in [1.29, 1.82) is 0 Å². The summed E-state index contributed by atoms with van der Waals surface area (Å²) < 4.78 is 26.8. The fourth-order valence-corrected chi connectivity index (χ4v) is 2.64. The van der Waals surface area contributed by atoms with Crippen LogP contribution in [0.2, 0.25) is 0 Å². The number of hydrogen-bond acceptors (Lipinski definition) is 6. The number of hydrogen-bond donors (Lipinski definition) is 4. The summed E-state index contributed by atoms with van der Waals surface area (Å²) in [6.45, 7) is 4.43. The topological polar surface area (TPSA) is 128 Å². The highest BCUT2D eigenvalue weighted by Crippen LogP contribution is 2.12. The molecule has 0 aliphatic carbocycles. The van der Waals surface area contributed by atoms with E-state index in [9.17, 15) is 8.42 Å². The average molecular weight is 299 g/mol. The van der Waals surface area contributed by atoms with E-state index in [0.29, 0.717) is 17.9 Å². The summed E-state index contributed by atoms with van der Waals surface area (Å²) in [6, 6.07) is 0.252. The fraction of sp³-hybridized carbons (Fsp3) is 0.500. The molecule has 2 aromatic rings. The lowest BCUT2D eigenvalue weighted by atomic mass is 10.3. The van der Waals surface area contributed by atoms with Gasteiger partial charge in [-0.3, -0.25) is 10.2 Å². The van der Waals surface area contributed by atoms with Crippen molar-refractivity contribution in [2.24, 2.45) is 0 Å². The Morgan fingerprint density at radius 2 is 2.05 bits per heavy atom. The van der Waals surface area contributed by atoms with Gasteiger partial charge in [0.1, 0.15) is 12.2 Å². The Bertz CT molecular complexity index is 632. The Morgan fingerprint density at radius 3 is 2.70 bits per heavy atom. The lowest BCUT2D eigenvalue weighted by Crippen LogP contribution is -2.27. The first kappa shape index (κ1) is 14.6. The smallest absolute Gasteiger partial charge is 0.258 e. The molecule has 9 nitrogen and oxygen atoms in total. The molecule has 4 N–H and O–H groups in total. The number of nitrogens with zero attached hydrogens (tertiary/aromatic N) is 3. The number of nitrogens with one attached hydrogen (secondary N) is 4. The number of rotatable bonds is 7. The maximum atomic E-state index is 12.2. The number of aromatic amines is 2. The lowest BCUT2D eigenvalue weighted by molar-refractivity contribution is 0.563.